The summed E-state index contributed by atoms with van der Waals surface area (Å²) in [5.41, 5.74) is -0.547. The van der Waals surface area contributed by atoms with Crippen LogP contribution >= 0.6 is 0 Å². The number of imidazole rings is 1. The van der Waals surface area contributed by atoms with Gasteiger partial charge in [-0.05, 0) is 18.6 Å². The number of likely N-dealkylation sites (N-methyl/N-ethyl adjacent to an activating group) is 1. The van der Waals surface area contributed by atoms with E-state index in [2.05, 4.69) is 9.97 Å². The van der Waals surface area contributed by atoms with E-state index in [1.165, 1.54) is 4.90 Å². The second-order valence-corrected chi connectivity index (χ2v) is 6.17. The van der Waals surface area contributed by atoms with Gasteiger partial charge in [0.05, 0.1) is 12.9 Å². The molecule has 0 aliphatic carbocycles. The molecule has 0 radical (unpaired) electrons. The molecule has 1 N–H and O–H groups in total. The van der Waals surface area contributed by atoms with E-state index >= 15 is 0 Å². The number of aryl methyl sites for hydroxylation is 1. The molecule has 1 saturated heterocycles. The highest BCUT2D eigenvalue weighted by Crippen LogP contribution is 2.26. The van der Waals surface area contributed by atoms with Crippen LogP contribution in [0.5, 0.6) is 0 Å². The molecule has 0 bridgehead atoms. The van der Waals surface area contributed by atoms with E-state index in [1.54, 1.807) is 30.3 Å². The van der Waals surface area contributed by atoms with Crippen molar-refractivity contribution in [2.24, 2.45) is 7.05 Å². The smallest absolute Gasteiger partial charge is 0.273 e. The fraction of sp³-hybridized carbons (Fsp3) is 0.438. The number of pyridine rings is 1. The van der Waals surface area contributed by atoms with Gasteiger partial charge >= 0.3 is 0 Å². The summed E-state index contributed by atoms with van der Waals surface area (Å²) in [5.74, 6) is 0.664. The van der Waals surface area contributed by atoms with Gasteiger partial charge in [-0.3, -0.25) is 4.79 Å². The largest absolute Gasteiger partial charge is 0.386 e. The molecular formula is C16H21N5O2. The average molecular weight is 315 g/mol. The first kappa shape index (κ1) is 15.5. The Morgan fingerprint density at radius 1 is 1.43 bits per heavy atom. The van der Waals surface area contributed by atoms with Crippen LogP contribution in [0.1, 0.15) is 16.9 Å². The zero-order valence-electron chi connectivity index (χ0n) is 13.4. The van der Waals surface area contributed by atoms with Gasteiger partial charge < -0.3 is 19.5 Å². The van der Waals surface area contributed by atoms with Crippen molar-refractivity contribution in [2.75, 3.05) is 31.6 Å². The predicted octanol–water partition coefficient (Wildman–Crippen LogP) is 0.528. The zero-order chi connectivity index (χ0) is 16.4. The third-order valence-corrected chi connectivity index (χ3v) is 4.11. The van der Waals surface area contributed by atoms with Crippen molar-refractivity contribution in [3.8, 4) is 0 Å². The van der Waals surface area contributed by atoms with E-state index in [9.17, 15) is 9.90 Å². The number of carbonyl (C=O) groups is 1. The fourth-order valence-corrected chi connectivity index (χ4v) is 2.95. The van der Waals surface area contributed by atoms with Crippen LogP contribution in [0.4, 0.5) is 5.82 Å². The molecule has 1 aliphatic rings. The minimum atomic E-state index is -0.934. The maximum Gasteiger partial charge on any atom is 0.273 e. The normalized spacial score (nSPS) is 20.7. The van der Waals surface area contributed by atoms with Crippen molar-refractivity contribution in [1.82, 2.24) is 19.4 Å². The minimum absolute atomic E-state index is 0.185. The monoisotopic (exact) mass is 315 g/mol. The first-order valence-corrected chi connectivity index (χ1v) is 7.59. The van der Waals surface area contributed by atoms with Gasteiger partial charge in [-0.1, -0.05) is 6.07 Å². The lowest BCUT2D eigenvalue weighted by atomic mass is 10.0. The predicted molar refractivity (Wildman–Crippen MR) is 86.2 cm³/mol. The highest BCUT2D eigenvalue weighted by molar-refractivity contribution is 5.91. The molecule has 3 rings (SSSR count). The second kappa shape index (κ2) is 6.00. The molecule has 3 heterocycles. The quantitative estimate of drug-likeness (QED) is 0.891. The lowest BCUT2D eigenvalue weighted by Crippen LogP contribution is -2.46. The molecule has 1 amide bonds. The Balaban J connectivity index is 1.64. The Hall–Kier alpha value is -2.41. The molecule has 0 spiro atoms. The number of hydrogen-bond acceptors (Lipinski definition) is 5. The number of carbonyl (C=O) groups excluding carboxylic acids is 1. The average Bonchev–Trinajstić information content (AvgIpc) is 3.14. The molecular weight excluding hydrogens is 294 g/mol. The molecule has 23 heavy (non-hydrogen) atoms. The van der Waals surface area contributed by atoms with Gasteiger partial charge in [0.25, 0.3) is 5.91 Å². The summed E-state index contributed by atoms with van der Waals surface area (Å²) in [6, 6.07) is 5.72. The van der Waals surface area contributed by atoms with Crippen molar-refractivity contribution >= 4 is 11.7 Å². The molecule has 7 heteroatoms. The summed E-state index contributed by atoms with van der Waals surface area (Å²) in [5, 5.41) is 10.8. The van der Waals surface area contributed by atoms with Crippen LogP contribution in [0.3, 0.4) is 0 Å². The van der Waals surface area contributed by atoms with Gasteiger partial charge in [0.15, 0.2) is 0 Å². The first-order valence-electron chi connectivity index (χ1n) is 7.59. The lowest BCUT2D eigenvalue weighted by Gasteiger charge is -2.28. The Morgan fingerprint density at radius 2 is 2.26 bits per heavy atom. The summed E-state index contributed by atoms with van der Waals surface area (Å²) in [6.07, 6.45) is 5.61. The third-order valence-electron chi connectivity index (χ3n) is 4.11. The molecule has 1 aliphatic heterocycles. The van der Waals surface area contributed by atoms with Gasteiger partial charge in [-0.25, -0.2) is 9.97 Å². The third kappa shape index (κ3) is 3.34. The summed E-state index contributed by atoms with van der Waals surface area (Å²) in [4.78, 5) is 24.3. The van der Waals surface area contributed by atoms with Crippen LogP contribution < -0.4 is 4.90 Å². The Bertz CT molecular complexity index is 687. The van der Waals surface area contributed by atoms with Gasteiger partial charge in [0, 0.05) is 39.6 Å². The first-order chi connectivity index (χ1) is 11.0. The lowest BCUT2D eigenvalue weighted by molar-refractivity contribution is 0.0262. The highest BCUT2D eigenvalue weighted by Gasteiger charge is 2.38. The number of anilines is 1. The molecule has 1 unspecified atom stereocenters. The second-order valence-electron chi connectivity index (χ2n) is 6.17. The number of β-amino-alcohol motifs (C(OH)–C–C–N with tert-alkyl or cyclic N) is 1. The van der Waals surface area contributed by atoms with Crippen molar-refractivity contribution < 1.29 is 9.90 Å². The van der Waals surface area contributed by atoms with Gasteiger partial charge in [0.2, 0.25) is 0 Å². The molecule has 2 aromatic rings. The van der Waals surface area contributed by atoms with Gasteiger partial charge in [0.1, 0.15) is 17.1 Å². The van der Waals surface area contributed by atoms with E-state index in [1.807, 2.05) is 30.1 Å². The van der Waals surface area contributed by atoms with Crippen molar-refractivity contribution in [3.05, 3.63) is 42.6 Å². The van der Waals surface area contributed by atoms with Crippen molar-refractivity contribution in [3.63, 3.8) is 0 Å². The number of hydrogen-bond donors (Lipinski definition) is 1. The highest BCUT2D eigenvalue weighted by atomic mass is 16.3. The van der Waals surface area contributed by atoms with Crippen molar-refractivity contribution in [1.29, 1.82) is 0 Å². The maximum absolute atomic E-state index is 12.4. The Kier molecular flexibility index (Phi) is 4.04. The summed E-state index contributed by atoms with van der Waals surface area (Å²) >= 11 is 0. The molecule has 1 fully saturated rings. The van der Waals surface area contributed by atoms with Gasteiger partial charge in [-0.15, -0.1) is 0 Å². The standard InChI is InChI=1S/C16H21N5O2/c1-19-9-13(18-12-19)15(22)20(2)10-16(23)6-8-21(11-16)14-5-3-4-7-17-14/h3-5,7,9,12,23H,6,8,10-11H2,1-2H3. The Morgan fingerprint density at radius 3 is 2.91 bits per heavy atom. The van der Waals surface area contributed by atoms with Crippen molar-refractivity contribution in [2.45, 2.75) is 12.0 Å². The number of amides is 1. The van der Waals surface area contributed by atoms with E-state index < -0.39 is 5.60 Å². The zero-order valence-corrected chi connectivity index (χ0v) is 13.4. The van der Waals surface area contributed by atoms with Crippen LogP contribution in [-0.2, 0) is 7.05 Å². The minimum Gasteiger partial charge on any atom is -0.386 e. The van der Waals surface area contributed by atoms with Crippen LogP contribution in [0.25, 0.3) is 0 Å². The van der Waals surface area contributed by atoms with Crippen LogP contribution in [0.15, 0.2) is 36.9 Å². The van der Waals surface area contributed by atoms with Crippen LogP contribution in [-0.4, -0.2) is 62.7 Å². The molecule has 0 saturated carbocycles. The molecule has 1 atom stereocenters. The molecule has 7 nitrogen and oxygen atoms in total. The van der Waals surface area contributed by atoms with Gasteiger partial charge in [-0.2, -0.15) is 0 Å². The summed E-state index contributed by atoms with van der Waals surface area (Å²) in [7, 11) is 3.51. The maximum atomic E-state index is 12.4. The number of aromatic nitrogens is 3. The van der Waals surface area contributed by atoms with E-state index in [0.29, 0.717) is 18.7 Å². The number of nitrogens with zero attached hydrogens (tertiary/aromatic N) is 5. The number of rotatable bonds is 4. The SMILES string of the molecule is CN(CC1(O)CCN(c2ccccn2)C1)C(=O)c1cn(C)cn1. The van der Waals surface area contributed by atoms with Crippen LogP contribution in [0, 0.1) is 0 Å². The van der Waals surface area contributed by atoms with E-state index in [4.69, 9.17) is 0 Å². The summed E-state index contributed by atoms with van der Waals surface area (Å²) < 4.78 is 1.73. The molecule has 2 aromatic heterocycles. The topological polar surface area (TPSA) is 74.5 Å². The number of aliphatic hydroxyl groups is 1. The molecule has 0 aromatic carbocycles. The Labute approximate surface area is 135 Å². The van der Waals surface area contributed by atoms with E-state index in [-0.39, 0.29) is 12.5 Å². The fourth-order valence-electron chi connectivity index (χ4n) is 2.95. The van der Waals surface area contributed by atoms with E-state index in [0.717, 1.165) is 12.4 Å². The van der Waals surface area contributed by atoms with Crippen LogP contribution in [0.2, 0.25) is 0 Å². The summed E-state index contributed by atoms with van der Waals surface area (Å²) in [6.45, 7) is 1.45. The molecule has 122 valence electrons.